The second-order valence-electron chi connectivity index (χ2n) is 6.03. The lowest BCUT2D eigenvalue weighted by molar-refractivity contribution is -0.135. The predicted octanol–water partition coefficient (Wildman–Crippen LogP) is 2.81. The summed E-state index contributed by atoms with van der Waals surface area (Å²) in [5.74, 6) is 2.33. The fraction of sp³-hybridized carbons (Fsp3) is 0.929. The second-order valence-corrected chi connectivity index (χ2v) is 6.03. The third kappa shape index (κ3) is 1.46. The Morgan fingerprint density at radius 3 is 2.69 bits per heavy atom. The van der Waals surface area contributed by atoms with Crippen LogP contribution >= 0.6 is 0 Å². The SMILES string of the molecule is C[C@@H]1O[C@H](C)C2C(=O)[C@@H]3CCCC[C@H]3C[C@H]21. The molecule has 90 valence electrons. The average molecular weight is 222 g/mol. The lowest BCUT2D eigenvalue weighted by Gasteiger charge is -2.41. The molecule has 0 aromatic rings. The summed E-state index contributed by atoms with van der Waals surface area (Å²) in [6.45, 7) is 4.24. The van der Waals surface area contributed by atoms with Crippen molar-refractivity contribution in [2.75, 3.05) is 0 Å². The molecule has 3 aliphatic rings. The predicted molar refractivity (Wildman–Crippen MR) is 62.1 cm³/mol. The van der Waals surface area contributed by atoms with E-state index in [1.54, 1.807) is 0 Å². The molecule has 3 fully saturated rings. The van der Waals surface area contributed by atoms with Crippen molar-refractivity contribution in [3.63, 3.8) is 0 Å². The number of carbonyl (C=O) groups is 1. The summed E-state index contributed by atoms with van der Waals surface area (Å²) in [6, 6.07) is 0. The molecule has 0 bridgehead atoms. The molecular weight excluding hydrogens is 200 g/mol. The Balaban J connectivity index is 1.86. The average Bonchev–Trinajstić information content (AvgIpc) is 2.55. The standard InChI is InChI=1S/C14H22O2/c1-8-12-7-10-5-3-4-6-11(10)14(15)13(12)9(2)16-8/h8-13H,3-7H2,1-2H3/t8-,9+,10-,11+,12-,13?/m0/s1. The minimum Gasteiger partial charge on any atom is -0.374 e. The number of ketones is 1. The van der Waals surface area contributed by atoms with Gasteiger partial charge in [0.2, 0.25) is 0 Å². The van der Waals surface area contributed by atoms with Crippen molar-refractivity contribution in [3.8, 4) is 0 Å². The molecule has 6 atom stereocenters. The van der Waals surface area contributed by atoms with Crippen LogP contribution in [0.2, 0.25) is 0 Å². The van der Waals surface area contributed by atoms with Gasteiger partial charge in [-0.1, -0.05) is 12.8 Å². The van der Waals surface area contributed by atoms with Gasteiger partial charge >= 0.3 is 0 Å². The molecule has 0 aromatic carbocycles. The smallest absolute Gasteiger partial charge is 0.142 e. The number of fused-ring (bicyclic) bond motifs is 2. The lowest BCUT2D eigenvalue weighted by atomic mass is 9.61. The van der Waals surface area contributed by atoms with E-state index in [-0.39, 0.29) is 12.0 Å². The first-order valence-corrected chi connectivity index (χ1v) is 6.87. The highest BCUT2D eigenvalue weighted by molar-refractivity contribution is 5.85. The van der Waals surface area contributed by atoms with Crippen molar-refractivity contribution in [3.05, 3.63) is 0 Å². The van der Waals surface area contributed by atoms with E-state index in [0.29, 0.717) is 29.6 Å². The number of Topliss-reactive ketones (excluding diaryl/α,β-unsaturated/α-hetero) is 1. The van der Waals surface area contributed by atoms with Gasteiger partial charge in [-0.05, 0) is 44.9 Å². The molecule has 2 saturated carbocycles. The lowest BCUT2D eigenvalue weighted by Crippen LogP contribution is -2.44. The summed E-state index contributed by atoms with van der Waals surface area (Å²) >= 11 is 0. The number of hydrogen-bond acceptors (Lipinski definition) is 2. The summed E-state index contributed by atoms with van der Waals surface area (Å²) in [6.07, 6.45) is 6.72. The molecule has 0 aromatic heterocycles. The maximum Gasteiger partial charge on any atom is 0.142 e. The maximum absolute atomic E-state index is 12.5. The Kier molecular flexibility index (Phi) is 2.58. The highest BCUT2D eigenvalue weighted by Crippen LogP contribution is 2.49. The molecule has 0 radical (unpaired) electrons. The minimum atomic E-state index is 0.162. The van der Waals surface area contributed by atoms with Gasteiger partial charge in [-0.2, -0.15) is 0 Å². The third-order valence-corrected chi connectivity index (χ3v) is 5.18. The van der Waals surface area contributed by atoms with E-state index >= 15 is 0 Å². The van der Waals surface area contributed by atoms with Crippen LogP contribution in [-0.2, 0) is 9.53 Å². The zero-order valence-corrected chi connectivity index (χ0v) is 10.3. The Bertz CT molecular complexity index is 299. The number of ether oxygens (including phenoxy) is 1. The topological polar surface area (TPSA) is 26.3 Å². The fourth-order valence-electron chi connectivity index (χ4n) is 4.41. The maximum atomic E-state index is 12.5. The van der Waals surface area contributed by atoms with Gasteiger partial charge in [-0.25, -0.2) is 0 Å². The van der Waals surface area contributed by atoms with Crippen LogP contribution in [0.25, 0.3) is 0 Å². The molecule has 2 aliphatic carbocycles. The highest BCUT2D eigenvalue weighted by atomic mass is 16.5. The van der Waals surface area contributed by atoms with Crippen LogP contribution in [-0.4, -0.2) is 18.0 Å². The number of hydrogen-bond donors (Lipinski definition) is 0. The van der Waals surface area contributed by atoms with Crippen LogP contribution in [0.15, 0.2) is 0 Å². The van der Waals surface area contributed by atoms with E-state index in [9.17, 15) is 4.79 Å². The molecule has 0 amide bonds. The van der Waals surface area contributed by atoms with Crippen LogP contribution < -0.4 is 0 Å². The third-order valence-electron chi connectivity index (χ3n) is 5.18. The van der Waals surface area contributed by atoms with Gasteiger partial charge in [0.1, 0.15) is 5.78 Å². The molecule has 1 saturated heterocycles. The first-order chi connectivity index (χ1) is 7.68. The van der Waals surface area contributed by atoms with Crippen LogP contribution in [0.5, 0.6) is 0 Å². The van der Waals surface area contributed by atoms with Crippen molar-refractivity contribution >= 4 is 5.78 Å². The monoisotopic (exact) mass is 222 g/mol. The van der Waals surface area contributed by atoms with E-state index in [1.807, 2.05) is 0 Å². The van der Waals surface area contributed by atoms with Crippen molar-refractivity contribution in [2.24, 2.45) is 23.7 Å². The summed E-state index contributed by atoms with van der Waals surface area (Å²) in [7, 11) is 0. The highest BCUT2D eigenvalue weighted by Gasteiger charge is 2.52. The largest absolute Gasteiger partial charge is 0.374 e. The van der Waals surface area contributed by atoms with Crippen LogP contribution in [0.3, 0.4) is 0 Å². The summed E-state index contributed by atoms with van der Waals surface area (Å²) in [5, 5.41) is 0. The number of carbonyl (C=O) groups excluding carboxylic acids is 1. The molecule has 16 heavy (non-hydrogen) atoms. The van der Waals surface area contributed by atoms with Gasteiger partial charge in [-0.3, -0.25) is 4.79 Å². The summed E-state index contributed by atoms with van der Waals surface area (Å²) in [4.78, 5) is 12.5. The van der Waals surface area contributed by atoms with Crippen molar-refractivity contribution in [2.45, 2.75) is 58.2 Å². The van der Waals surface area contributed by atoms with Gasteiger partial charge in [0.15, 0.2) is 0 Å². The van der Waals surface area contributed by atoms with E-state index < -0.39 is 0 Å². The van der Waals surface area contributed by atoms with Crippen molar-refractivity contribution < 1.29 is 9.53 Å². The molecule has 0 spiro atoms. The number of rotatable bonds is 0. The molecule has 1 heterocycles. The molecule has 1 unspecified atom stereocenters. The Hall–Kier alpha value is -0.370. The molecule has 3 rings (SSSR count). The zero-order chi connectivity index (χ0) is 11.3. The zero-order valence-electron chi connectivity index (χ0n) is 10.3. The minimum absolute atomic E-state index is 0.162. The Morgan fingerprint density at radius 1 is 1.12 bits per heavy atom. The Morgan fingerprint density at radius 2 is 1.88 bits per heavy atom. The second kappa shape index (κ2) is 3.83. The summed E-state index contributed by atoms with van der Waals surface area (Å²) in [5.41, 5.74) is 0. The molecular formula is C14H22O2. The summed E-state index contributed by atoms with van der Waals surface area (Å²) < 4.78 is 5.86. The molecule has 2 heteroatoms. The van der Waals surface area contributed by atoms with Gasteiger partial charge < -0.3 is 4.74 Å². The van der Waals surface area contributed by atoms with Crippen LogP contribution in [0.1, 0.15) is 46.0 Å². The Labute approximate surface area is 97.7 Å². The van der Waals surface area contributed by atoms with Gasteiger partial charge in [0.05, 0.1) is 12.2 Å². The molecule has 0 N–H and O–H groups in total. The first-order valence-electron chi connectivity index (χ1n) is 6.87. The van der Waals surface area contributed by atoms with E-state index in [2.05, 4.69) is 13.8 Å². The van der Waals surface area contributed by atoms with Gasteiger partial charge in [0.25, 0.3) is 0 Å². The van der Waals surface area contributed by atoms with Crippen molar-refractivity contribution in [1.82, 2.24) is 0 Å². The van der Waals surface area contributed by atoms with E-state index in [0.717, 1.165) is 6.42 Å². The van der Waals surface area contributed by atoms with Gasteiger partial charge in [0, 0.05) is 11.8 Å². The van der Waals surface area contributed by atoms with Crippen molar-refractivity contribution in [1.29, 1.82) is 0 Å². The van der Waals surface area contributed by atoms with E-state index in [4.69, 9.17) is 4.74 Å². The molecule has 2 nitrogen and oxygen atoms in total. The first kappa shape index (κ1) is 10.8. The fourth-order valence-corrected chi connectivity index (χ4v) is 4.41. The van der Waals surface area contributed by atoms with Crippen LogP contribution in [0, 0.1) is 23.7 Å². The quantitative estimate of drug-likeness (QED) is 0.630. The van der Waals surface area contributed by atoms with E-state index in [1.165, 1.54) is 25.7 Å². The normalized spacial score (nSPS) is 52.2. The van der Waals surface area contributed by atoms with Gasteiger partial charge in [-0.15, -0.1) is 0 Å². The molecule has 1 aliphatic heterocycles. The van der Waals surface area contributed by atoms with Crippen LogP contribution in [0.4, 0.5) is 0 Å².